The summed E-state index contributed by atoms with van der Waals surface area (Å²) in [6.45, 7) is 4.27. The molecule has 0 unspecified atom stereocenters. The van der Waals surface area contributed by atoms with Crippen LogP contribution in [0, 0.1) is 0 Å². The number of ether oxygens (including phenoxy) is 1. The predicted molar refractivity (Wildman–Crippen MR) is 113 cm³/mol. The molecule has 0 aliphatic carbocycles. The van der Waals surface area contributed by atoms with Crippen LogP contribution in [0.4, 0.5) is 0 Å². The van der Waals surface area contributed by atoms with Gasteiger partial charge in [-0.05, 0) is 48.7 Å². The van der Waals surface area contributed by atoms with Crippen molar-refractivity contribution in [2.24, 2.45) is 0 Å². The lowest BCUT2D eigenvalue weighted by molar-refractivity contribution is -0.148. The van der Waals surface area contributed by atoms with Crippen molar-refractivity contribution >= 4 is 39.5 Å². The number of hydrogen-bond donors (Lipinski definition) is 1. The molecule has 4 heterocycles. The summed E-state index contributed by atoms with van der Waals surface area (Å²) < 4.78 is 6.07. The number of cyclic esters (lactones) is 1. The zero-order valence-corrected chi connectivity index (χ0v) is 17.5. The summed E-state index contributed by atoms with van der Waals surface area (Å²) in [4.78, 5) is 30.3. The van der Waals surface area contributed by atoms with Crippen molar-refractivity contribution in [1.29, 1.82) is 0 Å². The van der Waals surface area contributed by atoms with Gasteiger partial charge in [0.25, 0.3) is 5.56 Å². The van der Waals surface area contributed by atoms with Gasteiger partial charge in [-0.15, -0.1) is 0 Å². The Bertz CT molecular complexity index is 1260. The number of hydrogen-bond acceptors (Lipinski definition) is 5. The molecule has 7 heteroatoms. The summed E-state index contributed by atoms with van der Waals surface area (Å²) in [6, 6.07) is 7.07. The van der Waals surface area contributed by atoms with E-state index < -0.39 is 3.42 Å². The first kappa shape index (κ1) is 17.7. The number of fused-ring (bicyclic) bond motifs is 5. The molecule has 0 spiro atoms. The highest BCUT2D eigenvalue weighted by molar-refractivity contribution is 14.1. The quantitative estimate of drug-likeness (QED) is 0.253. The molecule has 0 saturated carbocycles. The van der Waals surface area contributed by atoms with Crippen molar-refractivity contribution < 1.29 is 14.6 Å². The third kappa shape index (κ3) is 2.22. The van der Waals surface area contributed by atoms with E-state index >= 15 is 0 Å². The molecular weight excluding hydrogens is 471 g/mol. The molecule has 2 aliphatic rings. The molecule has 1 N–H and O–H groups in total. The van der Waals surface area contributed by atoms with Crippen LogP contribution in [0.2, 0.25) is 0 Å². The van der Waals surface area contributed by atoms with Gasteiger partial charge in [-0.1, -0.05) is 29.5 Å². The van der Waals surface area contributed by atoms with Gasteiger partial charge in [0.15, 0.2) is 0 Å². The van der Waals surface area contributed by atoms with E-state index in [9.17, 15) is 14.7 Å². The second-order valence-corrected chi connectivity index (χ2v) is 9.52. The van der Waals surface area contributed by atoms with E-state index in [-0.39, 0.29) is 23.9 Å². The second kappa shape index (κ2) is 5.79. The van der Waals surface area contributed by atoms with Crippen molar-refractivity contribution in [2.75, 3.05) is 0 Å². The molecule has 6 nitrogen and oxygen atoms in total. The largest absolute Gasteiger partial charge is 0.508 e. The van der Waals surface area contributed by atoms with Gasteiger partial charge >= 0.3 is 5.97 Å². The molecule has 0 radical (unpaired) electrons. The van der Waals surface area contributed by atoms with Crippen LogP contribution < -0.4 is 5.56 Å². The summed E-state index contributed by atoms with van der Waals surface area (Å²) in [7, 11) is 0. The molecule has 142 valence electrons. The molecule has 1 atom stereocenters. The second-order valence-electron chi connectivity index (χ2n) is 7.36. The minimum Gasteiger partial charge on any atom is -0.508 e. The number of rotatable bonds is 1. The van der Waals surface area contributed by atoms with Crippen LogP contribution in [0.25, 0.3) is 22.3 Å². The van der Waals surface area contributed by atoms with Gasteiger partial charge in [0, 0.05) is 10.9 Å². The van der Waals surface area contributed by atoms with Crippen molar-refractivity contribution in [2.45, 2.75) is 36.8 Å². The van der Waals surface area contributed by atoms with Gasteiger partial charge in [0.1, 0.15) is 15.8 Å². The van der Waals surface area contributed by atoms with Crippen LogP contribution in [0.3, 0.4) is 0 Å². The third-order valence-electron chi connectivity index (χ3n) is 5.74. The minimum absolute atomic E-state index is 0.00608. The van der Waals surface area contributed by atoms with E-state index in [1.54, 1.807) is 29.7 Å². The Balaban J connectivity index is 1.84. The maximum absolute atomic E-state index is 13.2. The van der Waals surface area contributed by atoms with Gasteiger partial charge in [-0.25, -0.2) is 4.98 Å². The van der Waals surface area contributed by atoms with Gasteiger partial charge in [-0.3, -0.25) is 9.59 Å². The first-order valence-corrected chi connectivity index (χ1v) is 10.2. The highest BCUT2D eigenvalue weighted by Crippen LogP contribution is 2.42. The van der Waals surface area contributed by atoms with E-state index in [4.69, 9.17) is 9.72 Å². The average molecular weight is 488 g/mol. The lowest BCUT2D eigenvalue weighted by Gasteiger charge is -2.29. The molecule has 0 fully saturated rings. The van der Waals surface area contributed by atoms with Gasteiger partial charge in [0.2, 0.25) is 0 Å². The Morgan fingerprint density at radius 2 is 2.07 bits per heavy atom. The number of nitrogens with zero attached hydrogens (tertiary/aromatic N) is 2. The van der Waals surface area contributed by atoms with Crippen LogP contribution >= 0.6 is 22.6 Å². The number of alkyl halides is 1. The monoisotopic (exact) mass is 488 g/mol. The van der Waals surface area contributed by atoms with Crippen LogP contribution in [0.15, 0.2) is 29.1 Å². The summed E-state index contributed by atoms with van der Waals surface area (Å²) in [5.41, 5.74) is 5.50. The standard InChI is InChI=1S/C21H17IN2O4/c1-3-11-12-6-10(25)4-5-16(12)23-18-13(11)8-24-17(18)7-15-14(19(24)26)9-28-20(27)21(15,2)22/h4-7,25H,3,8-9H2,1-2H3/t21-/m1/s1. The van der Waals surface area contributed by atoms with Gasteiger partial charge < -0.3 is 14.4 Å². The Kier molecular flexibility index (Phi) is 3.65. The minimum atomic E-state index is -0.904. The molecule has 5 rings (SSSR count). The Morgan fingerprint density at radius 1 is 1.29 bits per heavy atom. The summed E-state index contributed by atoms with van der Waals surface area (Å²) in [5.74, 6) is -0.136. The highest BCUT2D eigenvalue weighted by atomic mass is 127. The zero-order valence-electron chi connectivity index (χ0n) is 15.4. The van der Waals surface area contributed by atoms with Crippen molar-refractivity contribution in [1.82, 2.24) is 9.55 Å². The number of aryl methyl sites for hydroxylation is 1. The summed E-state index contributed by atoms with van der Waals surface area (Å²) in [6.07, 6.45) is 0.763. The summed E-state index contributed by atoms with van der Waals surface area (Å²) >= 11 is 2.05. The Labute approximate surface area is 174 Å². The number of carbonyl (C=O) groups is 1. The number of phenols is 1. The number of benzene rings is 1. The molecule has 3 aromatic rings. The van der Waals surface area contributed by atoms with Crippen molar-refractivity contribution in [3.63, 3.8) is 0 Å². The fourth-order valence-electron chi connectivity index (χ4n) is 4.28. The Morgan fingerprint density at radius 3 is 2.82 bits per heavy atom. The van der Waals surface area contributed by atoms with E-state index in [0.29, 0.717) is 17.7 Å². The molecule has 1 aromatic carbocycles. The van der Waals surface area contributed by atoms with E-state index in [2.05, 4.69) is 29.5 Å². The van der Waals surface area contributed by atoms with Crippen LogP contribution in [0.1, 0.15) is 36.1 Å². The van der Waals surface area contributed by atoms with Gasteiger partial charge in [-0.2, -0.15) is 0 Å². The van der Waals surface area contributed by atoms with E-state index in [0.717, 1.165) is 39.8 Å². The topological polar surface area (TPSA) is 81.4 Å². The molecule has 0 bridgehead atoms. The molecule has 0 amide bonds. The normalized spacial score (nSPS) is 19.9. The maximum Gasteiger partial charge on any atom is 0.326 e. The average Bonchev–Trinajstić information content (AvgIpc) is 3.02. The SMILES string of the molecule is CCc1c2c(nc3ccc(O)cc13)-c1cc3c(c(=O)n1C2)COC(=O)[C@]3(C)I. The number of halogens is 1. The third-order valence-corrected chi connectivity index (χ3v) is 6.76. The smallest absolute Gasteiger partial charge is 0.326 e. The number of aromatic nitrogens is 2. The van der Waals surface area contributed by atoms with Crippen LogP contribution in [-0.2, 0) is 32.5 Å². The van der Waals surface area contributed by atoms with Crippen LogP contribution in [-0.4, -0.2) is 20.6 Å². The molecule has 0 saturated heterocycles. The van der Waals surface area contributed by atoms with Crippen molar-refractivity contribution in [3.05, 3.63) is 56.9 Å². The fraction of sp³-hybridized carbons (Fsp3) is 0.286. The predicted octanol–water partition coefficient (Wildman–Crippen LogP) is 3.40. The highest BCUT2D eigenvalue weighted by Gasteiger charge is 2.42. The van der Waals surface area contributed by atoms with Crippen LogP contribution in [0.5, 0.6) is 5.75 Å². The van der Waals surface area contributed by atoms with E-state index in [1.807, 2.05) is 6.07 Å². The number of phenolic OH excluding ortho intramolecular Hbond substituents is 1. The maximum atomic E-state index is 13.2. The number of esters is 1. The first-order valence-electron chi connectivity index (χ1n) is 9.11. The van der Waals surface area contributed by atoms with Gasteiger partial charge in [0.05, 0.1) is 29.0 Å². The number of carbonyl (C=O) groups excluding carboxylic acids is 1. The lowest BCUT2D eigenvalue weighted by atomic mass is 9.93. The lowest BCUT2D eigenvalue weighted by Crippen LogP contribution is -2.38. The Hall–Kier alpha value is -2.42. The number of pyridine rings is 2. The molecule has 2 aromatic heterocycles. The number of aromatic hydroxyl groups is 1. The molecular formula is C21H17IN2O4. The molecule has 28 heavy (non-hydrogen) atoms. The molecule has 2 aliphatic heterocycles. The van der Waals surface area contributed by atoms with E-state index in [1.165, 1.54) is 0 Å². The van der Waals surface area contributed by atoms with Crippen molar-refractivity contribution in [3.8, 4) is 17.1 Å². The fourth-order valence-corrected chi connectivity index (χ4v) is 4.92. The summed E-state index contributed by atoms with van der Waals surface area (Å²) in [5, 5.41) is 10.8. The zero-order chi connectivity index (χ0) is 19.8. The first-order chi connectivity index (χ1) is 13.3.